The number of nitrogens with one attached hydrogen (secondary N) is 1. The number of benzene rings is 3. The number of hydrogen-bond donors (Lipinski definition) is 1. The fourth-order valence-electron chi connectivity index (χ4n) is 4.70. The molecule has 0 amide bonds. The molecule has 3 heterocycles. The topological polar surface area (TPSA) is 76.7 Å². The van der Waals surface area contributed by atoms with Crippen LogP contribution in [0.1, 0.15) is 11.6 Å². The Hall–Kier alpha value is -5.24. The zero-order valence-electron chi connectivity index (χ0n) is 22.9. The van der Waals surface area contributed by atoms with E-state index in [-0.39, 0.29) is 0 Å². The summed E-state index contributed by atoms with van der Waals surface area (Å²) in [6.07, 6.45) is 3.91. The third-order valence-electron chi connectivity index (χ3n) is 6.72. The van der Waals surface area contributed by atoms with E-state index in [2.05, 4.69) is 67.9 Å². The number of anilines is 3. The molecular formula is C32H30N8. The number of rotatable bonds is 7. The molecule has 198 valence electrons. The molecule has 8 nitrogen and oxygen atoms in total. The molecule has 0 saturated carbocycles. The van der Waals surface area contributed by atoms with Crippen LogP contribution in [0.4, 0.5) is 17.2 Å². The van der Waals surface area contributed by atoms with Crippen LogP contribution in [0, 0.1) is 13.8 Å². The first-order chi connectivity index (χ1) is 19.4. The Morgan fingerprint density at radius 2 is 1.48 bits per heavy atom. The van der Waals surface area contributed by atoms with Crippen LogP contribution in [0.5, 0.6) is 0 Å². The summed E-state index contributed by atoms with van der Waals surface area (Å²) in [5.41, 5.74) is 8.06. The van der Waals surface area contributed by atoms with Crippen molar-refractivity contribution in [3.63, 3.8) is 0 Å². The van der Waals surface area contributed by atoms with Gasteiger partial charge in [-0.2, -0.15) is 10.2 Å². The number of hydrogen-bond acceptors (Lipinski definition) is 6. The fraction of sp³-hybridized carbons (Fsp3) is 0.125. The van der Waals surface area contributed by atoms with Gasteiger partial charge in [-0.1, -0.05) is 30.3 Å². The highest BCUT2D eigenvalue weighted by atomic mass is 15.3. The lowest BCUT2D eigenvalue weighted by Crippen LogP contribution is -2.08. The van der Waals surface area contributed by atoms with Gasteiger partial charge in [0.1, 0.15) is 23.2 Å². The van der Waals surface area contributed by atoms with Crippen LogP contribution in [0.25, 0.3) is 33.8 Å². The second-order valence-corrected chi connectivity index (χ2v) is 9.83. The molecule has 8 heteroatoms. The number of nitrogens with zero attached hydrogens (tertiary/aromatic N) is 7. The molecule has 1 N–H and O–H groups in total. The maximum atomic E-state index is 5.04. The standard InChI is InChI=1S/C32H30N8/c1-22-34-23(2)40(36-22)29-12-10-26(11-13-29)35-31-20-25(18-19-33-31)32-30(24-8-6-5-7-9-24)21-39(37-32)28-16-14-27(15-17-28)38(3)4/h5-21H,1-4H3,(H,33,35). The van der Waals surface area contributed by atoms with Crippen LogP contribution in [0.3, 0.4) is 0 Å². The monoisotopic (exact) mass is 526 g/mol. The van der Waals surface area contributed by atoms with Crippen molar-refractivity contribution in [2.75, 3.05) is 24.3 Å². The Balaban J connectivity index is 1.32. The Morgan fingerprint density at radius 3 is 2.15 bits per heavy atom. The molecule has 3 aromatic carbocycles. The molecule has 0 bridgehead atoms. The summed E-state index contributed by atoms with van der Waals surface area (Å²) >= 11 is 0. The first-order valence-corrected chi connectivity index (χ1v) is 13.1. The summed E-state index contributed by atoms with van der Waals surface area (Å²) in [7, 11) is 4.08. The smallest absolute Gasteiger partial charge is 0.148 e. The van der Waals surface area contributed by atoms with Gasteiger partial charge in [-0.25, -0.2) is 19.3 Å². The van der Waals surface area contributed by atoms with E-state index in [1.165, 1.54) is 0 Å². The second kappa shape index (κ2) is 10.5. The Kier molecular flexibility index (Phi) is 6.57. The van der Waals surface area contributed by atoms with Crippen molar-refractivity contribution in [1.82, 2.24) is 29.5 Å². The molecule has 0 unspecified atom stereocenters. The van der Waals surface area contributed by atoms with Gasteiger partial charge in [-0.3, -0.25) is 0 Å². The largest absolute Gasteiger partial charge is 0.378 e. The summed E-state index contributed by atoms with van der Waals surface area (Å²) < 4.78 is 3.78. The van der Waals surface area contributed by atoms with Gasteiger partial charge >= 0.3 is 0 Å². The normalized spacial score (nSPS) is 11.0. The van der Waals surface area contributed by atoms with Gasteiger partial charge in [0.2, 0.25) is 0 Å². The molecule has 0 saturated heterocycles. The summed E-state index contributed by atoms with van der Waals surface area (Å²) in [6, 6.07) is 30.8. The average molecular weight is 527 g/mol. The van der Waals surface area contributed by atoms with Crippen LogP contribution in [0.2, 0.25) is 0 Å². The van der Waals surface area contributed by atoms with Crippen molar-refractivity contribution >= 4 is 17.2 Å². The van der Waals surface area contributed by atoms with Crippen molar-refractivity contribution < 1.29 is 0 Å². The molecule has 0 spiro atoms. The summed E-state index contributed by atoms with van der Waals surface area (Å²) in [4.78, 5) is 11.1. The average Bonchev–Trinajstić information content (AvgIpc) is 3.57. The lowest BCUT2D eigenvalue weighted by atomic mass is 10.0. The molecule has 0 aliphatic heterocycles. The van der Waals surface area contributed by atoms with Crippen molar-refractivity contribution in [3.05, 3.63) is 115 Å². The first kappa shape index (κ1) is 25.1. The zero-order valence-corrected chi connectivity index (χ0v) is 22.9. The number of aromatic nitrogens is 6. The molecule has 0 atom stereocenters. The highest BCUT2D eigenvalue weighted by Gasteiger charge is 2.15. The number of pyridine rings is 1. The second-order valence-electron chi connectivity index (χ2n) is 9.83. The molecule has 6 rings (SSSR count). The molecule has 0 fully saturated rings. The van der Waals surface area contributed by atoms with E-state index in [4.69, 9.17) is 5.10 Å². The third-order valence-corrected chi connectivity index (χ3v) is 6.72. The van der Waals surface area contributed by atoms with E-state index in [1.807, 2.05) is 98.1 Å². The van der Waals surface area contributed by atoms with Gasteiger partial charge in [0.05, 0.1) is 11.4 Å². The molecular weight excluding hydrogens is 496 g/mol. The lowest BCUT2D eigenvalue weighted by molar-refractivity contribution is 0.831. The zero-order chi connectivity index (χ0) is 27.6. The molecule has 0 aliphatic carbocycles. The van der Waals surface area contributed by atoms with Crippen LogP contribution >= 0.6 is 0 Å². The van der Waals surface area contributed by atoms with E-state index >= 15 is 0 Å². The van der Waals surface area contributed by atoms with Crippen LogP contribution < -0.4 is 10.2 Å². The first-order valence-electron chi connectivity index (χ1n) is 13.1. The van der Waals surface area contributed by atoms with Gasteiger partial charge in [0, 0.05) is 49.0 Å². The Labute approximate surface area is 233 Å². The predicted molar refractivity (Wildman–Crippen MR) is 161 cm³/mol. The van der Waals surface area contributed by atoms with Gasteiger partial charge < -0.3 is 10.2 Å². The fourth-order valence-corrected chi connectivity index (χ4v) is 4.70. The van der Waals surface area contributed by atoms with Crippen LogP contribution in [0.15, 0.2) is 103 Å². The van der Waals surface area contributed by atoms with Gasteiger partial charge in [-0.15, -0.1) is 0 Å². The minimum atomic E-state index is 0.738. The quantitative estimate of drug-likeness (QED) is 0.252. The van der Waals surface area contributed by atoms with E-state index in [1.54, 1.807) is 0 Å². The molecule has 40 heavy (non-hydrogen) atoms. The molecule has 6 aromatic rings. The van der Waals surface area contributed by atoms with Gasteiger partial charge in [0.15, 0.2) is 0 Å². The van der Waals surface area contributed by atoms with E-state index in [0.29, 0.717) is 0 Å². The highest BCUT2D eigenvalue weighted by molar-refractivity contribution is 5.82. The van der Waals surface area contributed by atoms with Crippen molar-refractivity contribution in [1.29, 1.82) is 0 Å². The van der Waals surface area contributed by atoms with Crippen LogP contribution in [-0.2, 0) is 0 Å². The lowest BCUT2D eigenvalue weighted by Gasteiger charge is -2.12. The highest BCUT2D eigenvalue weighted by Crippen LogP contribution is 2.33. The molecule has 0 aliphatic rings. The number of aryl methyl sites for hydroxylation is 2. The van der Waals surface area contributed by atoms with E-state index < -0.39 is 0 Å². The Morgan fingerprint density at radius 1 is 0.750 bits per heavy atom. The van der Waals surface area contributed by atoms with Crippen LogP contribution in [-0.4, -0.2) is 43.6 Å². The van der Waals surface area contributed by atoms with Crippen molar-refractivity contribution in [2.45, 2.75) is 13.8 Å². The van der Waals surface area contributed by atoms with Gasteiger partial charge in [-0.05, 0) is 80.1 Å². The third kappa shape index (κ3) is 5.07. The maximum absolute atomic E-state index is 5.04. The van der Waals surface area contributed by atoms with E-state index in [0.717, 1.165) is 62.6 Å². The summed E-state index contributed by atoms with van der Waals surface area (Å²) in [5.74, 6) is 2.35. The minimum Gasteiger partial charge on any atom is -0.378 e. The SMILES string of the molecule is Cc1nc(C)n(-c2ccc(Nc3cc(-c4nn(-c5ccc(N(C)C)cc5)cc4-c4ccccc4)ccn3)cc2)n1. The summed E-state index contributed by atoms with van der Waals surface area (Å²) in [6.45, 7) is 3.84. The Bertz CT molecular complexity index is 1750. The molecule has 3 aromatic heterocycles. The molecule has 0 radical (unpaired) electrons. The maximum Gasteiger partial charge on any atom is 0.148 e. The van der Waals surface area contributed by atoms with Crippen molar-refractivity contribution in [3.8, 4) is 33.8 Å². The van der Waals surface area contributed by atoms with E-state index in [9.17, 15) is 0 Å². The summed E-state index contributed by atoms with van der Waals surface area (Å²) in [5, 5.41) is 12.9. The predicted octanol–water partition coefficient (Wildman–Crippen LogP) is 6.61. The van der Waals surface area contributed by atoms with Gasteiger partial charge in [0.25, 0.3) is 0 Å². The van der Waals surface area contributed by atoms with Crippen molar-refractivity contribution in [2.24, 2.45) is 0 Å². The minimum absolute atomic E-state index is 0.738.